The summed E-state index contributed by atoms with van der Waals surface area (Å²) < 4.78 is 5.45. The van der Waals surface area contributed by atoms with Crippen LogP contribution in [0, 0.1) is 0 Å². The molecule has 1 aliphatic heterocycles. The standard InChI is InChI=1S/C9H14N4O2/c1-13(6-7-3-2-4-15-7)9(14)8-5-10-12-11-8/h5,7H,2-4,6H2,1H3,(H,10,11,12). The fraction of sp³-hybridized carbons (Fsp3) is 0.667. The first-order valence-electron chi connectivity index (χ1n) is 5.00. The molecule has 2 rings (SSSR count). The highest BCUT2D eigenvalue weighted by atomic mass is 16.5. The van der Waals surface area contributed by atoms with Crippen molar-refractivity contribution in [3.8, 4) is 0 Å². The van der Waals surface area contributed by atoms with E-state index >= 15 is 0 Å². The van der Waals surface area contributed by atoms with Crippen molar-refractivity contribution < 1.29 is 9.53 Å². The number of carbonyl (C=O) groups is 1. The minimum Gasteiger partial charge on any atom is -0.376 e. The molecule has 0 spiro atoms. The smallest absolute Gasteiger partial charge is 0.275 e. The van der Waals surface area contributed by atoms with Crippen LogP contribution in [0.25, 0.3) is 0 Å². The summed E-state index contributed by atoms with van der Waals surface area (Å²) in [6.07, 6.45) is 3.70. The Bertz CT molecular complexity index is 319. The molecule has 1 amide bonds. The molecule has 0 radical (unpaired) electrons. The van der Waals surface area contributed by atoms with Crippen molar-refractivity contribution in [2.24, 2.45) is 0 Å². The zero-order chi connectivity index (χ0) is 10.7. The highest BCUT2D eigenvalue weighted by Gasteiger charge is 2.21. The second-order valence-electron chi connectivity index (χ2n) is 3.68. The summed E-state index contributed by atoms with van der Waals surface area (Å²) in [5.74, 6) is -0.126. The maximum atomic E-state index is 11.7. The summed E-state index contributed by atoms with van der Waals surface area (Å²) in [4.78, 5) is 13.4. The minimum atomic E-state index is -0.126. The highest BCUT2D eigenvalue weighted by Crippen LogP contribution is 2.13. The third-order valence-corrected chi connectivity index (χ3v) is 2.48. The molecule has 1 atom stereocenters. The molecule has 1 aromatic heterocycles. The Labute approximate surface area is 87.6 Å². The van der Waals surface area contributed by atoms with Crippen molar-refractivity contribution in [3.05, 3.63) is 11.9 Å². The maximum absolute atomic E-state index is 11.7. The molecular weight excluding hydrogens is 196 g/mol. The van der Waals surface area contributed by atoms with Crippen molar-refractivity contribution in [2.45, 2.75) is 18.9 Å². The Morgan fingerprint density at radius 3 is 3.27 bits per heavy atom. The van der Waals surface area contributed by atoms with Gasteiger partial charge in [-0.3, -0.25) is 4.79 Å². The van der Waals surface area contributed by atoms with E-state index in [1.807, 2.05) is 0 Å². The summed E-state index contributed by atoms with van der Waals surface area (Å²) in [5, 5.41) is 9.77. The molecule has 1 saturated heterocycles. The second kappa shape index (κ2) is 4.39. The van der Waals surface area contributed by atoms with Crippen LogP contribution < -0.4 is 0 Å². The molecule has 1 aliphatic rings. The Hall–Kier alpha value is -1.43. The van der Waals surface area contributed by atoms with E-state index in [9.17, 15) is 4.79 Å². The lowest BCUT2D eigenvalue weighted by atomic mass is 10.2. The monoisotopic (exact) mass is 210 g/mol. The van der Waals surface area contributed by atoms with Crippen LogP contribution in [-0.2, 0) is 4.74 Å². The van der Waals surface area contributed by atoms with E-state index in [2.05, 4.69) is 15.4 Å². The first-order valence-corrected chi connectivity index (χ1v) is 5.00. The van der Waals surface area contributed by atoms with Gasteiger partial charge in [0.25, 0.3) is 5.91 Å². The predicted octanol–water partition coefficient (Wildman–Crippen LogP) is 0.0557. The normalized spacial score (nSPS) is 20.5. The fourth-order valence-corrected chi connectivity index (χ4v) is 1.68. The van der Waals surface area contributed by atoms with Gasteiger partial charge in [0.1, 0.15) is 0 Å². The number of aromatic nitrogens is 3. The first kappa shape index (κ1) is 10.1. The molecule has 6 heteroatoms. The van der Waals surface area contributed by atoms with Gasteiger partial charge >= 0.3 is 0 Å². The molecule has 1 N–H and O–H groups in total. The number of ether oxygens (including phenoxy) is 1. The lowest BCUT2D eigenvalue weighted by Gasteiger charge is -2.19. The Morgan fingerprint density at radius 2 is 2.67 bits per heavy atom. The number of H-pyrrole nitrogens is 1. The van der Waals surface area contributed by atoms with E-state index in [1.54, 1.807) is 11.9 Å². The van der Waals surface area contributed by atoms with Crippen molar-refractivity contribution >= 4 is 5.91 Å². The van der Waals surface area contributed by atoms with Gasteiger partial charge < -0.3 is 9.64 Å². The lowest BCUT2D eigenvalue weighted by molar-refractivity contribution is 0.0582. The van der Waals surface area contributed by atoms with E-state index in [1.165, 1.54) is 6.20 Å². The molecule has 82 valence electrons. The molecule has 0 bridgehead atoms. The van der Waals surface area contributed by atoms with E-state index in [0.29, 0.717) is 12.2 Å². The summed E-state index contributed by atoms with van der Waals surface area (Å²) in [5.41, 5.74) is 0.343. The predicted molar refractivity (Wildman–Crippen MR) is 52.3 cm³/mol. The zero-order valence-electron chi connectivity index (χ0n) is 8.64. The molecule has 6 nitrogen and oxygen atoms in total. The number of nitrogens with one attached hydrogen (secondary N) is 1. The van der Waals surface area contributed by atoms with Crippen molar-refractivity contribution in [3.63, 3.8) is 0 Å². The molecule has 2 heterocycles. The summed E-state index contributed by atoms with van der Waals surface area (Å²) in [6, 6.07) is 0. The number of nitrogens with zero attached hydrogens (tertiary/aromatic N) is 3. The van der Waals surface area contributed by atoms with Gasteiger partial charge in [0, 0.05) is 20.2 Å². The largest absolute Gasteiger partial charge is 0.376 e. The fourth-order valence-electron chi connectivity index (χ4n) is 1.68. The molecule has 0 aliphatic carbocycles. The topological polar surface area (TPSA) is 71.1 Å². The number of hydrogen-bond acceptors (Lipinski definition) is 4. The van der Waals surface area contributed by atoms with Crippen LogP contribution in [-0.4, -0.2) is 52.5 Å². The Morgan fingerprint density at radius 1 is 1.80 bits per heavy atom. The summed E-state index contributed by atoms with van der Waals surface area (Å²) in [7, 11) is 1.75. The number of likely N-dealkylation sites (N-methyl/N-ethyl adjacent to an activating group) is 1. The second-order valence-corrected chi connectivity index (χ2v) is 3.68. The maximum Gasteiger partial charge on any atom is 0.275 e. The summed E-state index contributed by atoms with van der Waals surface area (Å²) in [6.45, 7) is 1.42. The van der Waals surface area contributed by atoms with Gasteiger partial charge in [-0.2, -0.15) is 15.4 Å². The van der Waals surface area contributed by atoms with Gasteiger partial charge in [0.2, 0.25) is 0 Å². The molecule has 1 aromatic rings. The number of amides is 1. The van der Waals surface area contributed by atoms with Gasteiger partial charge in [-0.25, -0.2) is 0 Å². The molecule has 1 unspecified atom stereocenters. The zero-order valence-corrected chi connectivity index (χ0v) is 8.64. The van der Waals surface area contributed by atoms with Crippen LogP contribution in [0.4, 0.5) is 0 Å². The van der Waals surface area contributed by atoms with E-state index in [-0.39, 0.29) is 12.0 Å². The van der Waals surface area contributed by atoms with Crippen molar-refractivity contribution in [1.82, 2.24) is 20.3 Å². The average Bonchev–Trinajstić information content (AvgIpc) is 2.88. The lowest BCUT2D eigenvalue weighted by Crippen LogP contribution is -2.34. The van der Waals surface area contributed by atoms with Gasteiger partial charge in [0.05, 0.1) is 12.3 Å². The van der Waals surface area contributed by atoms with Gasteiger partial charge in [0.15, 0.2) is 5.69 Å². The number of hydrogen-bond donors (Lipinski definition) is 1. The SMILES string of the molecule is CN(CC1CCCO1)C(=O)c1cn[nH]n1. The third-order valence-electron chi connectivity index (χ3n) is 2.48. The quantitative estimate of drug-likeness (QED) is 0.765. The Balaban J connectivity index is 1.90. The average molecular weight is 210 g/mol. The summed E-state index contributed by atoms with van der Waals surface area (Å²) >= 11 is 0. The van der Waals surface area contributed by atoms with E-state index in [0.717, 1.165) is 19.4 Å². The van der Waals surface area contributed by atoms with E-state index in [4.69, 9.17) is 4.74 Å². The molecular formula is C9H14N4O2. The molecule has 15 heavy (non-hydrogen) atoms. The molecule has 1 fully saturated rings. The number of aromatic amines is 1. The van der Waals surface area contributed by atoms with Crippen molar-refractivity contribution in [2.75, 3.05) is 20.2 Å². The van der Waals surface area contributed by atoms with Crippen LogP contribution in [0.15, 0.2) is 6.20 Å². The third kappa shape index (κ3) is 2.33. The number of rotatable bonds is 3. The van der Waals surface area contributed by atoms with E-state index < -0.39 is 0 Å². The van der Waals surface area contributed by atoms with Crippen LogP contribution in [0.5, 0.6) is 0 Å². The van der Waals surface area contributed by atoms with Crippen LogP contribution in [0.2, 0.25) is 0 Å². The molecule has 0 saturated carbocycles. The van der Waals surface area contributed by atoms with Gasteiger partial charge in [-0.05, 0) is 12.8 Å². The van der Waals surface area contributed by atoms with Crippen LogP contribution >= 0.6 is 0 Å². The molecule has 0 aromatic carbocycles. The van der Waals surface area contributed by atoms with Crippen LogP contribution in [0.1, 0.15) is 23.3 Å². The first-order chi connectivity index (χ1) is 7.27. The van der Waals surface area contributed by atoms with Gasteiger partial charge in [-0.1, -0.05) is 0 Å². The van der Waals surface area contributed by atoms with Crippen LogP contribution in [0.3, 0.4) is 0 Å². The van der Waals surface area contributed by atoms with Crippen molar-refractivity contribution in [1.29, 1.82) is 0 Å². The van der Waals surface area contributed by atoms with Gasteiger partial charge in [-0.15, -0.1) is 0 Å². The number of carbonyl (C=O) groups excluding carboxylic acids is 1. The minimum absolute atomic E-state index is 0.126. The highest BCUT2D eigenvalue weighted by molar-refractivity contribution is 5.91. The Kier molecular flexibility index (Phi) is 2.96.